The third-order valence-electron chi connectivity index (χ3n) is 11.2. The summed E-state index contributed by atoms with van der Waals surface area (Å²) in [6.07, 6.45) is 4.49. The lowest BCUT2D eigenvalue weighted by atomic mass is 9.87. The van der Waals surface area contributed by atoms with Crippen molar-refractivity contribution < 1.29 is 0 Å². The molecule has 53 heavy (non-hydrogen) atoms. The molecule has 2 nitrogen and oxygen atoms in total. The lowest BCUT2D eigenvalue weighted by molar-refractivity contribution is 0.431. The molecule has 2 aromatic heterocycles. The Morgan fingerprint density at radius 3 is 1.47 bits per heavy atom. The summed E-state index contributed by atoms with van der Waals surface area (Å²) in [5.41, 5.74) is 11.2. The zero-order valence-corrected chi connectivity index (χ0v) is 30.8. The molecule has 0 N–H and O–H groups in total. The number of aromatic nitrogens is 2. The van der Waals surface area contributed by atoms with E-state index < -0.39 is 0 Å². The van der Waals surface area contributed by atoms with Gasteiger partial charge in [0.25, 0.3) is 0 Å². The molecule has 256 valence electrons. The molecule has 0 saturated carbocycles. The summed E-state index contributed by atoms with van der Waals surface area (Å²) in [7, 11) is 0. The first-order chi connectivity index (χ1) is 25.9. The van der Waals surface area contributed by atoms with E-state index in [1.165, 1.54) is 87.1 Å². The van der Waals surface area contributed by atoms with Crippen LogP contribution in [0.5, 0.6) is 0 Å². The van der Waals surface area contributed by atoms with Crippen molar-refractivity contribution in [3.8, 4) is 22.5 Å². The fourth-order valence-corrected chi connectivity index (χ4v) is 8.79. The van der Waals surface area contributed by atoms with Crippen LogP contribution in [0.1, 0.15) is 39.7 Å². The number of benzene rings is 8. The average molecular weight is 683 g/mol. The van der Waals surface area contributed by atoms with E-state index in [0.29, 0.717) is 0 Å². The fraction of sp³-hybridized carbons (Fsp3) is 0.137. The van der Waals surface area contributed by atoms with Gasteiger partial charge in [-0.2, -0.15) is 0 Å². The summed E-state index contributed by atoms with van der Waals surface area (Å²) in [5.74, 6) is 0. The molecule has 0 aliphatic carbocycles. The van der Waals surface area contributed by atoms with Gasteiger partial charge in [0, 0.05) is 32.9 Å². The Labute approximate surface area is 310 Å². The Bertz CT molecular complexity index is 2870. The van der Waals surface area contributed by atoms with Crippen LogP contribution in [0.25, 0.3) is 93.7 Å². The highest BCUT2D eigenvalue weighted by Gasteiger charge is 2.19. The van der Waals surface area contributed by atoms with E-state index in [1.807, 2.05) is 0 Å². The first-order valence-electron chi connectivity index (χ1n) is 19.0. The minimum atomic E-state index is 0.222. The molecule has 0 amide bonds. The molecule has 2 heteroatoms. The van der Waals surface area contributed by atoms with Gasteiger partial charge in [0.2, 0.25) is 0 Å². The SMILES string of the molecule is CCc1ccc2ccc(-c3cc(-n4c5ccccc5c5ccccc54)cc(-n4c5ccccc5c5ccccc54)c3)c3cc/c(=C/CC(C)(C)C)c1c23. The van der Waals surface area contributed by atoms with Crippen molar-refractivity contribution in [1.82, 2.24) is 9.13 Å². The molecule has 0 aliphatic rings. The smallest absolute Gasteiger partial charge is 0.0541 e. The van der Waals surface area contributed by atoms with Gasteiger partial charge in [-0.15, -0.1) is 0 Å². The van der Waals surface area contributed by atoms with Gasteiger partial charge in [0.05, 0.1) is 22.1 Å². The van der Waals surface area contributed by atoms with Gasteiger partial charge in [-0.25, -0.2) is 0 Å². The number of para-hydroxylation sites is 4. The summed E-state index contributed by atoms with van der Waals surface area (Å²) in [6.45, 7) is 9.25. The van der Waals surface area contributed by atoms with Gasteiger partial charge in [-0.1, -0.05) is 143 Å². The van der Waals surface area contributed by atoms with Crippen LogP contribution in [0.15, 0.2) is 152 Å². The van der Waals surface area contributed by atoms with Crippen LogP contribution in [0.4, 0.5) is 0 Å². The van der Waals surface area contributed by atoms with E-state index in [-0.39, 0.29) is 5.41 Å². The normalized spacial score (nSPS) is 12.8. The topological polar surface area (TPSA) is 9.86 Å². The maximum atomic E-state index is 2.46. The van der Waals surface area contributed by atoms with E-state index in [9.17, 15) is 0 Å². The van der Waals surface area contributed by atoms with Crippen LogP contribution in [-0.4, -0.2) is 9.13 Å². The maximum absolute atomic E-state index is 2.46. The molecule has 0 aliphatic heterocycles. The summed E-state index contributed by atoms with van der Waals surface area (Å²) in [6, 6.07) is 56.6. The molecule has 0 unspecified atom stereocenters. The fourth-order valence-electron chi connectivity index (χ4n) is 8.79. The van der Waals surface area contributed by atoms with Crippen LogP contribution in [0, 0.1) is 5.41 Å². The zero-order chi connectivity index (χ0) is 35.8. The second kappa shape index (κ2) is 12.0. The van der Waals surface area contributed by atoms with Crippen LogP contribution in [0.3, 0.4) is 0 Å². The molecule has 0 bridgehead atoms. The molecule has 10 rings (SSSR count). The number of nitrogens with zero attached hydrogens (tertiary/aromatic N) is 2. The summed E-state index contributed by atoms with van der Waals surface area (Å²) < 4.78 is 4.92. The van der Waals surface area contributed by atoms with Crippen molar-refractivity contribution >= 4 is 71.2 Å². The average Bonchev–Trinajstić information content (AvgIpc) is 3.70. The van der Waals surface area contributed by atoms with Crippen molar-refractivity contribution in [3.63, 3.8) is 0 Å². The zero-order valence-electron chi connectivity index (χ0n) is 30.8. The van der Waals surface area contributed by atoms with Gasteiger partial charge in [0.15, 0.2) is 0 Å². The summed E-state index contributed by atoms with van der Waals surface area (Å²) >= 11 is 0. The molecular formula is C51H42N2. The molecule has 8 aromatic carbocycles. The lowest BCUT2D eigenvalue weighted by Crippen LogP contribution is -2.09. The molecule has 2 heterocycles. The third-order valence-corrected chi connectivity index (χ3v) is 11.2. The van der Waals surface area contributed by atoms with Crippen LogP contribution in [-0.2, 0) is 6.42 Å². The van der Waals surface area contributed by atoms with E-state index in [2.05, 4.69) is 195 Å². The number of rotatable bonds is 5. The van der Waals surface area contributed by atoms with Crippen molar-refractivity contribution in [2.24, 2.45) is 5.41 Å². The van der Waals surface area contributed by atoms with Gasteiger partial charge in [-0.3, -0.25) is 0 Å². The molecule has 0 fully saturated rings. The largest absolute Gasteiger partial charge is 0.309 e. The highest BCUT2D eigenvalue weighted by atomic mass is 15.0. The Morgan fingerprint density at radius 2 is 0.981 bits per heavy atom. The Kier molecular flexibility index (Phi) is 7.14. The number of fused-ring (bicyclic) bond motifs is 6. The van der Waals surface area contributed by atoms with Crippen molar-refractivity contribution in [3.05, 3.63) is 162 Å². The molecule has 0 spiro atoms. The van der Waals surface area contributed by atoms with Crippen LogP contribution < -0.4 is 5.22 Å². The molecule has 0 saturated heterocycles. The van der Waals surface area contributed by atoms with Crippen LogP contribution >= 0.6 is 0 Å². The maximum Gasteiger partial charge on any atom is 0.0541 e. The van der Waals surface area contributed by atoms with Gasteiger partial charge in [-0.05, 0) is 104 Å². The quantitative estimate of drug-likeness (QED) is 0.171. The van der Waals surface area contributed by atoms with E-state index in [4.69, 9.17) is 0 Å². The molecule has 0 atom stereocenters. The highest BCUT2D eigenvalue weighted by Crippen LogP contribution is 2.40. The Hall–Kier alpha value is -6.12. The monoisotopic (exact) mass is 682 g/mol. The standard InChI is InChI=1S/C51H42N2/c1-5-33-22-23-34-24-26-39(44-27-25-35(49(33)50(34)44)28-29-51(2,3)4)36-30-37(52-45-18-10-6-14-40(45)41-15-7-11-19-46(41)52)32-38(31-36)53-47-20-12-8-16-42(47)43-17-9-13-21-48(43)53/h6-28,30-32H,5,29H2,1-4H3/b35-28-. The number of hydrogen-bond acceptors (Lipinski definition) is 0. The first kappa shape index (κ1) is 31.6. The van der Waals surface area contributed by atoms with Gasteiger partial charge >= 0.3 is 0 Å². The summed E-state index contributed by atoms with van der Waals surface area (Å²) in [4.78, 5) is 0. The van der Waals surface area contributed by atoms with Gasteiger partial charge < -0.3 is 9.13 Å². The second-order valence-corrected chi connectivity index (χ2v) is 15.8. The van der Waals surface area contributed by atoms with Crippen molar-refractivity contribution in [2.45, 2.75) is 40.5 Å². The lowest BCUT2D eigenvalue weighted by Gasteiger charge is -2.19. The van der Waals surface area contributed by atoms with E-state index in [1.54, 1.807) is 0 Å². The summed E-state index contributed by atoms with van der Waals surface area (Å²) in [5, 5.41) is 11.8. The predicted molar refractivity (Wildman–Crippen MR) is 229 cm³/mol. The minimum Gasteiger partial charge on any atom is -0.309 e. The molecule has 10 aromatic rings. The first-order valence-corrected chi connectivity index (χ1v) is 19.0. The number of aryl methyl sites for hydroxylation is 1. The second-order valence-electron chi connectivity index (χ2n) is 15.8. The Balaban J connectivity index is 1.32. The van der Waals surface area contributed by atoms with Crippen LogP contribution in [0.2, 0.25) is 0 Å². The molecule has 0 radical (unpaired) electrons. The van der Waals surface area contributed by atoms with Crippen molar-refractivity contribution in [1.29, 1.82) is 0 Å². The van der Waals surface area contributed by atoms with Gasteiger partial charge in [0.1, 0.15) is 0 Å². The highest BCUT2D eigenvalue weighted by molar-refractivity contribution is 6.17. The van der Waals surface area contributed by atoms with E-state index >= 15 is 0 Å². The number of hydrogen-bond donors (Lipinski definition) is 0. The third kappa shape index (κ3) is 5.00. The molecular weight excluding hydrogens is 641 g/mol. The van der Waals surface area contributed by atoms with Crippen molar-refractivity contribution in [2.75, 3.05) is 0 Å². The minimum absolute atomic E-state index is 0.222. The van der Waals surface area contributed by atoms with E-state index in [0.717, 1.165) is 24.2 Å². The Morgan fingerprint density at radius 1 is 0.491 bits per heavy atom. The predicted octanol–water partition coefficient (Wildman–Crippen LogP) is 13.4.